The minimum Gasteiger partial charge on any atom is -0.462 e. The second-order valence-electron chi connectivity index (χ2n) is 17.8. The van der Waals surface area contributed by atoms with Crippen molar-refractivity contribution < 1.29 is 67.9 Å². The number of hydrogen-bond acceptors (Lipinski definition) is 16. The maximum absolute atomic E-state index is 13.1. The predicted octanol–water partition coefficient (Wildman–Crippen LogP) is 2.33. The Kier molecular flexibility index (Phi) is 18.9. The van der Waals surface area contributed by atoms with Gasteiger partial charge in [0.15, 0.2) is 18.9 Å². The normalized spacial score (nSPS) is 44.7. The Balaban J connectivity index is 1.66. The van der Waals surface area contributed by atoms with E-state index in [0.717, 1.165) is 12.7 Å². The second kappa shape index (κ2) is 22.5. The SMILES string of the molecule is COC1[C@H](O)CC(=O)O[C@H](C)CC=CC=C[C@H](OC2CCC(N(C)C)C(C)O2)[C@H](C)C[C@H](CC=O)[C@@H]1OC1OC(C)C(OC2CC(C)(O)C(O)C(C)O2)C(N(C)C)C1O. The van der Waals surface area contributed by atoms with Crippen molar-refractivity contribution in [3.05, 3.63) is 24.3 Å². The highest BCUT2D eigenvalue weighted by atomic mass is 16.7. The summed E-state index contributed by atoms with van der Waals surface area (Å²) in [5.74, 6) is -1.47. The molecule has 0 saturated carbocycles. The number of aliphatic hydroxyl groups is 4. The Labute approximate surface area is 351 Å². The van der Waals surface area contributed by atoms with E-state index in [0.29, 0.717) is 19.3 Å². The van der Waals surface area contributed by atoms with Crippen molar-refractivity contribution in [3.63, 3.8) is 0 Å². The number of ether oxygens (including phenoxy) is 8. The number of aliphatic hydroxyl groups excluding tert-OH is 3. The van der Waals surface area contributed by atoms with Crippen molar-refractivity contribution in [3.8, 4) is 0 Å². The van der Waals surface area contributed by atoms with Crippen molar-refractivity contribution in [1.29, 1.82) is 0 Å². The van der Waals surface area contributed by atoms with E-state index in [1.807, 2.05) is 52.2 Å². The molecule has 4 heterocycles. The number of carbonyl (C=O) groups excluding carboxylic acids is 2. The van der Waals surface area contributed by atoms with E-state index in [-0.39, 0.29) is 30.9 Å². The fraction of sp³-hybridized carbons (Fsp3) is 0.860. The lowest BCUT2D eigenvalue weighted by atomic mass is 9.82. The van der Waals surface area contributed by atoms with Crippen molar-refractivity contribution >= 4 is 12.3 Å². The third-order valence-corrected chi connectivity index (χ3v) is 12.4. The number of rotatable bonds is 11. The number of likely N-dealkylation sites (N-methyl/N-ethyl adjacent to an activating group) is 2. The Bertz CT molecular complexity index is 1370. The van der Waals surface area contributed by atoms with Crippen LogP contribution in [0.5, 0.6) is 0 Å². The maximum atomic E-state index is 13.1. The summed E-state index contributed by atoms with van der Waals surface area (Å²) in [5.41, 5.74) is -1.47. The molecular weight excluding hydrogens is 768 g/mol. The summed E-state index contributed by atoms with van der Waals surface area (Å²) in [6, 6.07) is -0.466. The van der Waals surface area contributed by atoms with Crippen LogP contribution in [-0.4, -0.2) is 181 Å². The van der Waals surface area contributed by atoms with Crippen LogP contribution >= 0.6 is 0 Å². The van der Waals surface area contributed by atoms with Gasteiger partial charge in [0.2, 0.25) is 0 Å². The van der Waals surface area contributed by atoms with Crippen molar-refractivity contribution in [2.75, 3.05) is 35.3 Å². The molecule has 4 N–H and O–H groups in total. The molecular formula is C43H74N2O14. The van der Waals surface area contributed by atoms with Crippen LogP contribution in [0.25, 0.3) is 0 Å². The summed E-state index contributed by atoms with van der Waals surface area (Å²) in [6.45, 7) is 10.8. The van der Waals surface area contributed by atoms with Crippen LogP contribution in [0.2, 0.25) is 0 Å². The molecule has 4 aliphatic rings. The van der Waals surface area contributed by atoms with Gasteiger partial charge in [-0.15, -0.1) is 0 Å². The number of aldehydes is 1. The molecule has 3 saturated heterocycles. The van der Waals surface area contributed by atoms with E-state index < -0.39 is 110 Å². The molecule has 0 radical (unpaired) electrons. The number of carbonyl (C=O) groups is 2. The smallest absolute Gasteiger partial charge is 0.308 e. The quantitative estimate of drug-likeness (QED) is 0.175. The summed E-state index contributed by atoms with van der Waals surface area (Å²) < 4.78 is 50.0. The Hall–Kier alpha value is -1.90. The van der Waals surface area contributed by atoms with Crippen molar-refractivity contribution in [1.82, 2.24) is 9.80 Å². The average molecular weight is 843 g/mol. The number of esters is 1. The molecule has 4 rings (SSSR count). The molecule has 59 heavy (non-hydrogen) atoms. The lowest BCUT2D eigenvalue weighted by molar-refractivity contribution is -0.344. The Morgan fingerprint density at radius 2 is 1.56 bits per heavy atom. The highest BCUT2D eigenvalue weighted by molar-refractivity contribution is 5.70. The van der Waals surface area contributed by atoms with Gasteiger partial charge in [0.25, 0.3) is 0 Å². The van der Waals surface area contributed by atoms with Crippen LogP contribution < -0.4 is 0 Å². The molecule has 4 aliphatic heterocycles. The molecule has 0 aromatic heterocycles. The first kappa shape index (κ1) is 49.8. The zero-order valence-electron chi connectivity index (χ0n) is 37.0. The number of hydrogen-bond donors (Lipinski definition) is 4. The maximum Gasteiger partial charge on any atom is 0.308 e. The number of cyclic esters (lactones) is 1. The highest BCUT2D eigenvalue weighted by Gasteiger charge is 2.52. The van der Waals surface area contributed by atoms with Crippen LogP contribution in [0.15, 0.2) is 24.3 Å². The molecule has 0 bridgehead atoms. The topological polar surface area (TPSA) is 195 Å². The molecule has 0 aromatic rings. The van der Waals surface area contributed by atoms with Gasteiger partial charge in [-0.25, -0.2) is 0 Å². The van der Waals surface area contributed by atoms with Crippen molar-refractivity contribution in [2.45, 2.75) is 190 Å². The number of allylic oxidation sites excluding steroid dienone is 2. The summed E-state index contributed by atoms with van der Waals surface area (Å²) in [7, 11) is 9.03. The lowest BCUT2D eigenvalue weighted by Crippen LogP contribution is -2.65. The van der Waals surface area contributed by atoms with E-state index in [9.17, 15) is 30.0 Å². The predicted molar refractivity (Wildman–Crippen MR) is 217 cm³/mol. The van der Waals surface area contributed by atoms with Gasteiger partial charge >= 0.3 is 5.97 Å². The largest absolute Gasteiger partial charge is 0.462 e. The summed E-state index contributed by atoms with van der Waals surface area (Å²) >= 11 is 0. The third-order valence-electron chi connectivity index (χ3n) is 12.4. The molecule has 16 heteroatoms. The van der Waals surface area contributed by atoms with Gasteiger partial charge in [0.05, 0.1) is 54.7 Å². The summed E-state index contributed by atoms with van der Waals surface area (Å²) in [5, 5.41) is 45.1. The van der Waals surface area contributed by atoms with E-state index in [2.05, 4.69) is 4.90 Å². The first-order valence-corrected chi connectivity index (χ1v) is 21.3. The molecule has 0 spiro atoms. The molecule has 16 nitrogen and oxygen atoms in total. The monoisotopic (exact) mass is 843 g/mol. The molecule has 0 aromatic carbocycles. The average Bonchev–Trinajstić information content (AvgIpc) is 3.13. The molecule has 340 valence electrons. The second-order valence-corrected chi connectivity index (χ2v) is 17.8. The third kappa shape index (κ3) is 13.3. The fourth-order valence-corrected chi connectivity index (χ4v) is 9.10. The Morgan fingerprint density at radius 3 is 2.17 bits per heavy atom. The zero-order chi connectivity index (χ0) is 43.8. The van der Waals surface area contributed by atoms with Crippen LogP contribution in [0.3, 0.4) is 0 Å². The van der Waals surface area contributed by atoms with E-state index >= 15 is 0 Å². The van der Waals surface area contributed by atoms with Gasteiger partial charge in [-0.3, -0.25) is 4.79 Å². The first-order chi connectivity index (χ1) is 27.8. The van der Waals surface area contributed by atoms with E-state index in [1.165, 1.54) is 14.0 Å². The van der Waals surface area contributed by atoms with Crippen LogP contribution in [0, 0.1) is 11.8 Å². The number of nitrogens with zero attached hydrogens (tertiary/aromatic N) is 2. The van der Waals surface area contributed by atoms with E-state index in [4.69, 9.17) is 37.9 Å². The zero-order valence-corrected chi connectivity index (χ0v) is 37.0. The first-order valence-electron chi connectivity index (χ1n) is 21.3. The summed E-state index contributed by atoms with van der Waals surface area (Å²) in [4.78, 5) is 29.5. The standard InChI is InChI=1S/C43H74N2O14/c1-24-21-29(19-20-46)39(59-42-37(49)36(45(9)10)38(27(4)56-42)58-35-23-43(6,51)41(50)28(5)55-35)40(52-11)31(47)22-33(48)53-25(2)15-13-12-14-16-32(24)57-34-18-17-30(44(7)8)26(3)54-34/h12-14,16,20,24-32,34-42,47,49-51H,15,17-19,21-23H2,1-11H3/t24-,25-,26?,27?,28?,29+,30?,31-,32+,34?,35?,36?,37?,38?,39+,40?,41?,42?,43?/m1/s1. The van der Waals surface area contributed by atoms with Gasteiger partial charge in [-0.05, 0) is 93.9 Å². The Morgan fingerprint density at radius 1 is 0.864 bits per heavy atom. The van der Waals surface area contributed by atoms with Gasteiger partial charge < -0.3 is 72.9 Å². The van der Waals surface area contributed by atoms with Crippen LogP contribution in [0.1, 0.15) is 86.5 Å². The lowest BCUT2D eigenvalue weighted by Gasteiger charge is -2.50. The molecule has 0 amide bonds. The van der Waals surface area contributed by atoms with Crippen molar-refractivity contribution in [2.24, 2.45) is 11.8 Å². The van der Waals surface area contributed by atoms with Gasteiger partial charge in [-0.1, -0.05) is 31.2 Å². The van der Waals surface area contributed by atoms with Gasteiger partial charge in [0.1, 0.15) is 36.8 Å². The highest BCUT2D eigenvalue weighted by Crippen LogP contribution is 2.37. The van der Waals surface area contributed by atoms with Gasteiger partial charge in [-0.2, -0.15) is 0 Å². The summed E-state index contributed by atoms with van der Waals surface area (Å²) in [6.07, 6.45) is -1.56. The minimum atomic E-state index is -1.47. The van der Waals surface area contributed by atoms with E-state index in [1.54, 1.807) is 39.8 Å². The van der Waals surface area contributed by atoms with Crippen LogP contribution in [0.4, 0.5) is 0 Å². The minimum absolute atomic E-state index is 0.00885. The molecule has 13 unspecified atom stereocenters. The molecule has 3 fully saturated rings. The number of methoxy groups -OCH3 is 1. The molecule has 0 aliphatic carbocycles. The fourth-order valence-electron chi connectivity index (χ4n) is 9.10. The van der Waals surface area contributed by atoms with Gasteiger partial charge in [0, 0.05) is 32.4 Å². The molecule has 19 atom stereocenters. The van der Waals surface area contributed by atoms with Crippen LogP contribution in [-0.2, 0) is 47.5 Å².